The average molecular weight is 379 g/mol. The minimum Gasteiger partial charge on any atom is -0.324 e. The van der Waals surface area contributed by atoms with Crippen LogP contribution in [0.3, 0.4) is 0 Å². The van der Waals surface area contributed by atoms with Gasteiger partial charge in [-0.25, -0.2) is 4.39 Å². The van der Waals surface area contributed by atoms with Gasteiger partial charge in [-0.15, -0.1) is 0 Å². The molecule has 1 spiro atoms. The minimum atomic E-state index is -1.25. The largest absolute Gasteiger partial charge is 0.324 e. The lowest BCUT2D eigenvalue weighted by atomic mass is 9.76. The van der Waals surface area contributed by atoms with Crippen LogP contribution in [0.4, 0.5) is 10.1 Å². The zero-order chi connectivity index (χ0) is 19.6. The molecule has 7 heteroatoms. The molecule has 2 aromatic carbocycles. The van der Waals surface area contributed by atoms with E-state index in [0.29, 0.717) is 16.8 Å². The number of benzene rings is 2. The Kier molecular flexibility index (Phi) is 3.49. The Bertz CT molecular complexity index is 1020. The second-order valence-corrected chi connectivity index (χ2v) is 7.63. The standard InChI is InChI=1S/C21H18FN3O3/c1-11-16-17(21(24-11)14-4-2-3-5-15(14)23-20(21)28)19(27)25(18(16)26)10-12-6-8-13(22)9-7-12/h2-9,11,16-17,24H,10H2,1H3,(H,23,28). The highest BCUT2D eigenvalue weighted by atomic mass is 19.1. The van der Waals surface area contributed by atoms with Crippen LogP contribution in [0.2, 0.25) is 0 Å². The van der Waals surface area contributed by atoms with Crippen molar-refractivity contribution < 1.29 is 18.8 Å². The number of imide groups is 1. The van der Waals surface area contributed by atoms with Gasteiger partial charge in [-0.2, -0.15) is 0 Å². The predicted octanol–water partition coefficient (Wildman–Crippen LogP) is 1.77. The Morgan fingerprint density at radius 2 is 1.75 bits per heavy atom. The van der Waals surface area contributed by atoms with E-state index < -0.39 is 17.4 Å². The number of carbonyl (C=O) groups is 3. The predicted molar refractivity (Wildman–Crippen MR) is 98.3 cm³/mol. The van der Waals surface area contributed by atoms with Gasteiger partial charge in [-0.05, 0) is 30.7 Å². The van der Waals surface area contributed by atoms with Gasteiger partial charge in [-0.1, -0.05) is 30.3 Å². The van der Waals surface area contributed by atoms with Crippen molar-refractivity contribution in [2.45, 2.75) is 25.0 Å². The van der Waals surface area contributed by atoms with E-state index in [-0.39, 0.29) is 36.1 Å². The molecule has 0 bridgehead atoms. The first-order valence-electron chi connectivity index (χ1n) is 9.22. The number of para-hydroxylation sites is 1. The maximum absolute atomic E-state index is 13.3. The summed E-state index contributed by atoms with van der Waals surface area (Å²) in [6.45, 7) is 1.89. The molecule has 0 aromatic heterocycles. The molecule has 6 nitrogen and oxygen atoms in total. The Labute approximate surface area is 160 Å². The molecule has 5 rings (SSSR count). The minimum absolute atomic E-state index is 0.0665. The quantitative estimate of drug-likeness (QED) is 0.780. The van der Waals surface area contributed by atoms with Crippen LogP contribution in [0.15, 0.2) is 48.5 Å². The van der Waals surface area contributed by atoms with Crippen molar-refractivity contribution in [3.63, 3.8) is 0 Å². The first-order valence-corrected chi connectivity index (χ1v) is 9.22. The van der Waals surface area contributed by atoms with Crippen molar-refractivity contribution in [3.8, 4) is 0 Å². The fraction of sp³-hybridized carbons (Fsp3) is 0.286. The maximum atomic E-state index is 13.3. The molecule has 4 atom stereocenters. The van der Waals surface area contributed by atoms with Crippen molar-refractivity contribution in [2.75, 3.05) is 5.32 Å². The van der Waals surface area contributed by atoms with Crippen LogP contribution >= 0.6 is 0 Å². The fourth-order valence-corrected chi connectivity index (χ4v) is 4.91. The normalized spacial score (nSPS) is 30.7. The molecule has 28 heavy (non-hydrogen) atoms. The number of nitrogens with zero attached hydrogens (tertiary/aromatic N) is 1. The molecule has 3 amide bonds. The van der Waals surface area contributed by atoms with Crippen LogP contribution in [-0.4, -0.2) is 28.7 Å². The number of anilines is 1. The lowest BCUT2D eigenvalue weighted by Gasteiger charge is -2.29. The summed E-state index contributed by atoms with van der Waals surface area (Å²) >= 11 is 0. The number of nitrogens with one attached hydrogen (secondary N) is 2. The summed E-state index contributed by atoms with van der Waals surface area (Å²) < 4.78 is 13.2. The van der Waals surface area contributed by atoms with Crippen LogP contribution in [0.25, 0.3) is 0 Å². The summed E-state index contributed by atoms with van der Waals surface area (Å²) in [6, 6.07) is 12.6. The molecule has 2 N–H and O–H groups in total. The van der Waals surface area contributed by atoms with Gasteiger partial charge in [0, 0.05) is 17.3 Å². The number of fused-ring (bicyclic) bond motifs is 4. The molecular formula is C21H18FN3O3. The molecule has 3 heterocycles. The molecule has 0 saturated carbocycles. The number of hydrogen-bond donors (Lipinski definition) is 2. The monoisotopic (exact) mass is 379 g/mol. The first-order chi connectivity index (χ1) is 13.4. The third-order valence-corrected chi connectivity index (χ3v) is 6.12. The molecule has 142 valence electrons. The molecule has 4 unspecified atom stereocenters. The van der Waals surface area contributed by atoms with Crippen LogP contribution in [-0.2, 0) is 26.5 Å². The summed E-state index contributed by atoms with van der Waals surface area (Å²) in [7, 11) is 0. The van der Waals surface area contributed by atoms with Crippen molar-refractivity contribution >= 4 is 23.4 Å². The highest BCUT2D eigenvalue weighted by molar-refractivity contribution is 6.15. The lowest BCUT2D eigenvalue weighted by molar-refractivity contribution is -0.143. The van der Waals surface area contributed by atoms with Crippen LogP contribution in [0.5, 0.6) is 0 Å². The van der Waals surface area contributed by atoms with Gasteiger partial charge in [0.15, 0.2) is 0 Å². The van der Waals surface area contributed by atoms with Crippen molar-refractivity contribution in [3.05, 3.63) is 65.5 Å². The SMILES string of the molecule is CC1NC2(C(=O)Nc3ccccc32)C2C(=O)N(Cc3ccc(F)cc3)C(=O)C12. The van der Waals surface area contributed by atoms with Crippen LogP contribution in [0, 0.1) is 17.7 Å². The summed E-state index contributed by atoms with van der Waals surface area (Å²) in [4.78, 5) is 40.6. The Morgan fingerprint density at radius 1 is 1.04 bits per heavy atom. The summed E-state index contributed by atoms with van der Waals surface area (Å²) in [5.41, 5.74) is 0.772. The van der Waals surface area contributed by atoms with E-state index in [1.54, 1.807) is 18.2 Å². The van der Waals surface area contributed by atoms with E-state index in [1.165, 1.54) is 17.0 Å². The van der Waals surface area contributed by atoms with Crippen molar-refractivity contribution in [1.82, 2.24) is 10.2 Å². The Hall–Kier alpha value is -3.06. The molecule has 3 aliphatic rings. The number of likely N-dealkylation sites (tertiary alicyclic amines) is 1. The van der Waals surface area contributed by atoms with Gasteiger partial charge in [-0.3, -0.25) is 24.6 Å². The van der Waals surface area contributed by atoms with Gasteiger partial charge in [0.1, 0.15) is 11.4 Å². The van der Waals surface area contributed by atoms with Crippen molar-refractivity contribution in [2.24, 2.45) is 11.8 Å². The van der Waals surface area contributed by atoms with Crippen LogP contribution < -0.4 is 10.6 Å². The van der Waals surface area contributed by atoms with Gasteiger partial charge < -0.3 is 5.32 Å². The van der Waals surface area contributed by atoms with Gasteiger partial charge >= 0.3 is 0 Å². The number of halogens is 1. The zero-order valence-corrected chi connectivity index (χ0v) is 15.1. The van der Waals surface area contributed by atoms with E-state index in [0.717, 1.165) is 0 Å². The number of amides is 3. The third kappa shape index (κ3) is 2.08. The molecule has 2 saturated heterocycles. The Balaban J connectivity index is 1.56. The average Bonchev–Trinajstić information content (AvgIpc) is 3.23. The van der Waals surface area contributed by atoms with E-state index >= 15 is 0 Å². The van der Waals surface area contributed by atoms with E-state index in [4.69, 9.17) is 0 Å². The molecule has 2 fully saturated rings. The van der Waals surface area contributed by atoms with E-state index in [9.17, 15) is 18.8 Å². The first kappa shape index (κ1) is 17.1. The van der Waals surface area contributed by atoms with Crippen molar-refractivity contribution in [1.29, 1.82) is 0 Å². The van der Waals surface area contributed by atoms with Gasteiger partial charge in [0.25, 0.3) is 0 Å². The Morgan fingerprint density at radius 3 is 2.50 bits per heavy atom. The second-order valence-electron chi connectivity index (χ2n) is 7.63. The number of carbonyl (C=O) groups excluding carboxylic acids is 3. The number of hydrogen-bond acceptors (Lipinski definition) is 4. The third-order valence-electron chi connectivity index (χ3n) is 6.12. The molecule has 2 aromatic rings. The summed E-state index contributed by atoms with van der Waals surface area (Å²) in [5.74, 6) is -2.78. The fourth-order valence-electron chi connectivity index (χ4n) is 4.91. The van der Waals surface area contributed by atoms with E-state index in [2.05, 4.69) is 10.6 Å². The summed E-state index contributed by atoms with van der Waals surface area (Å²) in [5, 5.41) is 6.10. The van der Waals surface area contributed by atoms with Crippen LogP contribution in [0.1, 0.15) is 18.1 Å². The highest BCUT2D eigenvalue weighted by Crippen LogP contribution is 2.52. The molecule has 3 aliphatic heterocycles. The molecular weight excluding hydrogens is 361 g/mol. The number of rotatable bonds is 2. The lowest BCUT2D eigenvalue weighted by Crippen LogP contribution is -2.52. The zero-order valence-electron chi connectivity index (χ0n) is 15.1. The molecule has 0 aliphatic carbocycles. The molecule has 0 radical (unpaired) electrons. The van der Waals surface area contributed by atoms with E-state index in [1.807, 2.05) is 25.1 Å². The second kappa shape index (κ2) is 5.72. The summed E-state index contributed by atoms with van der Waals surface area (Å²) in [6.07, 6.45) is 0. The smallest absolute Gasteiger partial charge is 0.250 e. The van der Waals surface area contributed by atoms with Gasteiger partial charge in [0.2, 0.25) is 17.7 Å². The maximum Gasteiger partial charge on any atom is 0.250 e. The highest BCUT2D eigenvalue weighted by Gasteiger charge is 2.69. The van der Waals surface area contributed by atoms with Gasteiger partial charge in [0.05, 0.1) is 18.4 Å². The topological polar surface area (TPSA) is 78.5 Å².